The first-order valence-electron chi connectivity index (χ1n) is 8.10. The number of carbonyl (C=O) groups is 1. The number of nitrogens with one attached hydrogen (secondary N) is 1. The fraction of sp³-hybridized carbons (Fsp3) is 0.941. The molecule has 4 aliphatic rings. The molecule has 3 nitrogen and oxygen atoms in total. The minimum Gasteiger partial charge on any atom is -0.469 e. The summed E-state index contributed by atoms with van der Waals surface area (Å²) in [5.74, 6) is 0.746. The van der Waals surface area contributed by atoms with Gasteiger partial charge in [0, 0.05) is 12.1 Å². The van der Waals surface area contributed by atoms with E-state index in [4.69, 9.17) is 4.74 Å². The van der Waals surface area contributed by atoms with E-state index in [0.29, 0.717) is 10.8 Å². The standard InChI is InChI=1S/C17H29NO2/c1-12(14(19)20-4)8-18-17-7-13-5-15(2,10-17)9-16(3,6-13)11-17/h12-13,18H,5-11H2,1-4H3. The molecule has 4 bridgehead atoms. The number of esters is 1. The van der Waals surface area contributed by atoms with Crippen LogP contribution in [-0.2, 0) is 9.53 Å². The summed E-state index contributed by atoms with van der Waals surface area (Å²) in [6.45, 7) is 7.68. The molecule has 1 N–H and O–H groups in total. The van der Waals surface area contributed by atoms with E-state index in [0.717, 1.165) is 12.5 Å². The Labute approximate surface area is 122 Å². The number of hydrogen-bond acceptors (Lipinski definition) is 3. The molecule has 3 atom stereocenters. The highest BCUT2D eigenvalue weighted by atomic mass is 16.5. The second-order valence-corrected chi connectivity index (χ2v) is 8.72. The summed E-state index contributed by atoms with van der Waals surface area (Å²) in [6.07, 6.45) is 8.12. The maximum atomic E-state index is 11.6. The van der Waals surface area contributed by atoms with Crippen molar-refractivity contribution >= 4 is 5.97 Å². The molecule has 0 aromatic heterocycles. The summed E-state index contributed by atoms with van der Waals surface area (Å²) < 4.78 is 4.84. The van der Waals surface area contributed by atoms with Crippen LogP contribution in [0.1, 0.15) is 59.3 Å². The van der Waals surface area contributed by atoms with Crippen LogP contribution in [0.15, 0.2) is 0 Å². The van der Waals surface area contributed by atoms with Gasteiger partial charge in [0.2, 0.25) is 0 Å². The molecule has 0 aromatic carbocycles. The first-order valence-corrected chi connectivity index (χ1v) is 8.10. The average Bonchev–Trinajstić information content (AvgIpc) is 2.30. The molecule has 3 unspecified atom stereocenters. The van der Waals surface area contributed by atoms with Gasteiger partial charge < -0.3 is 10.1 Å². The van der Waals surface area contributed by atoms with Crippen LogP contribution in [0.3, 0.4) is 0 Å². The number of methoxy groups -OCH3 is 1. The molecular formula is C17H29NO2. The summed E-state index contributed by atoms with van der Waals surface area (Å²) in [5.41, 5.74) is 1.33. The third-order valence-electron chi connectivity index (χ3n) is 6.01. The lowest BCUT2D eigenvalue weighted by Crippen LogP contribution is -2.64. The van der Waals surface area contributed by atoms with Crippen LogP contribution in [0.25, 0.3) is 0 Å². The van der Waals surface area contributed by atoms with E-state index in [9.17, 15) is 4.79 Å². The maximum Gasteiger partial charge on any atom is 0.309 e. The Hall–Kier alpha value is -0.570. The molecule has 0 saturated heterocycles. The van der Waals surface area contributed by atoms with Crippen LogP contribution in [0.5, 0.6) is 0 Å². The summed E-state index contributed by atoms with van der Waals surface area (Å²) in [6, 6.07) is 0. The molecule has 20 heavy (non-hydrogen) atoms. The smallest absolute Gasteiger partial charge is 0.309 e. The predicted octanol–water partition coefficient (Wildman–Crippen LogP) is 3.13. The number of carbonyl (C=O) groups excluding carboxylic acids is 1. The Balaban J connectivity index is 1.71. The van der Waals surface area contributed by atoms with Crippen LogP contribution < -0.4 is 5.32 Å². The molecule has 114 valence electrons. The van der Waals surface area contributed by atoms with Gasteiger partial charge >= 0.3 is 5.97 Å². The highest BCUT2D eigenvalue weighted by molar-refractivity contribution is 5.72. The molecule has 4 rings (SSSR count). The topological polar surface area (TPSA) is 38.3 Å². The van der Waals surface area contributed by atoms with Crippen LogP contribution in [0.2, 0.25) is 0 Å². The fourth-order valence-corrected chi connectivity index (χ4v) is 6.30. The summed E-state index contributed by atoms with van der Waals surface area (Å²) in [5, 5.41) is 3.79. The lowest BCUT2D eigenvalue weighted by atomic mass is 9.43. The van der Waals surface area contributed by atoms with E-state index in [2.05, 4.69) is 19.2 Å². The van der Waals surface area contributed by atoms with E-state index in [1.54, 1.807) is 0 Å². The zero-order valence-corrected chi connectivity index (χ0v) is 13.4. The van der Waals surface area contributed by atoms with Gasteiger partial charge in [-0.25, -0.2) is 0 Å². The van der Waals surface area contributed by atoms with Gasteiger partial charge in [-0.15, -0.1) is 0 Å². The maximum absolute atomic E-state index is 11.6. The van der Waals surface area contributed by atoms with Gasteiger partial charge in [0.15, 0.2) is 0 Å². The van der Waals surface area contributed by atoms with Gasteiger partial charge in [0.05, 0.1) is 13.0 Å². The van der Waals surface area contributed by atoms with Gasteiger partial charge in [-0.2, -0.15) is 0 Å². The van der Waals surface area contributed by atoms with Gasteiger partial charge in [-0.05, 0) is 55.3 Å². The number of hydrogen-bond donors (Lipinski definition) is 1. The highest BCUT2D eigenvalue weighted by Gasteiger charge is 2.59. The van der Waals surface area contributed by atoms with E-state index < -0.39 is 0 Å². The minimum atomic E-state index is -0.0975. The third kappa shape index (κ3) is 2.38. The lowest BCUT2D eigenvalue weighted by molar-refractivity contribution is -0.145. The molecule has 4 saturated carbocycles. The first kappa shape index (κ1) is 14.4. The van der Waals surface area contributed by atoms with Crippen molar-refractivity contribution in [3.63, 3.8) is 0 Å². The molecule has 0 heterocycles. The highest BCUT2D eigenvalue weighted by Crippen LogP contribution is 2.66. The van der Waals surface area contributed by atoms with Crippen LogP contribution in [0.4, 0.5) is 0 Å². The average molecular weight is 279 g/mol. The zero-order valence-electron chi connectivity index (χ0n) is 13.4. The van der Waals surface area contributed by atoms with Crippen molar-refractivity contribution in [3.05, 3.63) is 0 Å². The van der Waals surface area contributed by atoms with E-state index in [-0.39, 0.29) is 17.4 Å². The quantitative estimate of drug-likeness (QED) is 0.804. The minimum absolute atomic E-state index is 0.0476. The van der Waals surface area contributed by atoms with Crippen molar-refractivity contribution in [2.45, 2.75) is 64.8 Å². The van der Waals surface area contributed by atoms with Gasteiger partial charge in [0.25, 0.3) is 0 Å². The van der Waals surface area contributed by atoms with Gasteiger partial charge in [-0.1, -0.05) is 20.8 Å². The SMILES string of the molecule is COC(=O)C(C)CNC12CC3CC(C)(CC(C)(C3)C1)C2. The normalized spacial score (nSPS) is 47.3. The Morgan fingerprint density at radius 2 is 1.80 bits per heavy atom. The predicted molar refractivity (Wildman–Crippen MR) is 79.3 cm³/mol. The Morgan fingerprint density at radius 3 is 2.30 bits per heavy atom. The van der Waals surface area contributed by atoms with Crippen LogP contribution in [0, 0.1) is 22.7 Å². The monoisotopic (exact) mass is 279 g/mol. The number of rotatable bonds is 4. The summed E-state index contributed by atoms with van der Waals surface area (Å²) >= 11 is 0. The summed E-state index contributed by atoms with van der Waals surface area (Å²) in [4.78, 5) is 11.6. The Kier molecular flexibility index (Phi) is 3.20. The molecular weight excluding hydrogens is 250 g/mol. The Bertz CT molecular complexity index is 401. The second kappa shape index (κ2) is 4.46. The van der Waals surface area contributed by atoms with Crippen molar-refractivity contribution in [3.8, 4) is 0 Å². The molecule has 4 aliphatic carbocycles. The first-order chi connectivity index (χ1) is 9.27. The van der Waals surface area contributed by atoms with Gasteiger partial charge in [-0.3, -0.25) is 4.79 Å². The largest absolute Gasteiger partial charge is 0.469 e. The van der Waals surface area contributed by atoms with Crippen LogP contribution in [-0.4, -0.2) is 25.2 Å². The number of ether oxygens (including phenoxy) is 1. The van der Waals surface area contributed by atoms with Crippen molar-refractivity contribution in [1.29, 1.82) is 0 Å². The van der Waals surface area contributed by atoms with Gasteiger partial charge in [0.1, 0.15) is 0 Å². The van der Waals surface area contributed by atoms with Crippen molar-refractivity contribution in [2.24, 2.45) is 22.7 Å². The molecule has 4 fully saturated rings. The molecule has 0 spiro atoms. The Morgan fingerprint density at radius 1 is 1.20 bits per heavy atom. The molecule has 0 aliphatic heterocycles. The molecule has 0 aromatic rings. The van der Waals surface area contributed by atoms with Crippen molar-refractivity contribution in [1.82, 2.24) is 5.32 Å². The van der Waals surface area contributed by atoms with Crippen molar-refractivity contribution in [2.75, 3.05) is 13.7 Å². The third-order valence-corrected chi connectivity index (χ3v) is 6.01. The lowest BCUT2D eigenvalue weighted by Gasteiger charge is -2.65. The van der Waals surface area contributed by atoms with Crippen LogP contribution >= 0.6 is 0 Å². The zero-order chi connectivity index (χ0) is 14.6. The van der Waals surface area contributed by atoms with Crippen molar-refractivity contribution < 1.29 is 9.53 Å². The molecule has 0 amide bonds. The second-order valence-electron chi connectivity index (χ2n) is 8.72. The molecule has 0 radical (unpaired) electrons. The fourth-order valence-electron chi connectivity index (χ4n) is 6.30. The molecule has 3 heteroatoms. The van der Waals surface area contributed by atoms with E-state index in [1.807, 2.05) is 6.92 Å². The van der Waals surface area contributed by atoms with E-state index in [1.165, 1.54) is 45.6 Å². The summed E-state index contributed by atoms with van der Waals surface area (Å²) in [7, 11) is 1.48. The van der Waals surface area contributed by atoms with E-state index >= 15 is 0 Å².